The van der Waals surface area contributed by atoms with Crippen LogP contribution in [0.5, 0.6) is 5.88 Å². The molecule has 0 aliphatic carbocycles. The van der Waals surface area contributed by atoms with Gasteiger partial charge in [-0.15, -0.1) is 11.3 Å². The largest absolute Gasteiger partial charge is 0.493 e. The Balaban J connectivity index is 1.47. The van der Waals surface area contributed by atoms with Gasteiger partial charge in [-0.1, -0.05) is 25.3 Å². The number of rotatable bonds is 6. The minimum absolute atomic E-state index is 0.0170. The highest BCUT2D eigenvalue weighted by molar-refractivity contribution is 7.13. The van der Waals surface area contributed by atoms with Crippen LogP contribution in [-0.2, 0) is 6.54 Å². The molecular weight excluding hydrogens is 422 g/mol. The van der Waals surface area contributed by atoms with Crippen molar-refractivity contribution in [1.29, 1.82) is 0 Å². The summed E-state index contributed by atoms with van der Waals surface area (Å²) in [7, 11) is 0. The maximum Gasteiger partial charge on any atom is 0.234 e. The molecule has 32 heavy (non-hydrogen) atoms. The number of nitrogens with zero attached hydrogens (tertiary/aromatic N) is 7. The summed E-state index contributed by atoms with van der Waals surface area (Å²) in [6, 6.07) is 5.61. The van der Waals surface area contributed by atoms with Gasteiger partial charge in [0.25, 0.3) is 0 Å². The monoisotopic (exact) mass is 447 g/mol. The normalized spacial score (nSPS) is 17.6. The maximum atomic E-state index is 10.2. The molecule has 0 bridgehead atoms. The SMILES string of the molecule is C=C/C=N\C(=N/C=C)n1cnc(CN2CCCC(c3nc(O)cc(-c4cccs4)n3)C2)c1. The first-order valence-electron chi connectivity index (χ1n) is 10.4. The standard InChI is InChI=1S/C23H25N7OS/c1-3-9-25-23(24-4-2)30-15-18(26-16-30)14-29-10-5-7-17(13-29)22-27-19(12-21(31)28-22)20-8-6-11-32-20/h3-4,6,8-9,11-12,15-17H,1-2,5,7,10,13-14H2,(H,27,28,31)/b24-23+,25-9-. The zero-order valence-electron chi connectivity index (χ0n) is 17.7. The molecule has 1 fully saturated rings. The molecule has 1 atom stereocenters. The topological polar surface area (TPSA) is 91.8 Å². The number of aromatic hydroxyl groups is 1. The van der Waals surface area contributed by atoms with Crippen molar-refractivity contribution in [3.05, 3.63) is 73.1 Å². The highest BCUT2D eigenvalue weighted by Gasteiger charge is 2.25. The van der Waals surface area contributed by atoms with E-state index in [-0.39, 0.29) is 11.8 Å². The van der Waals surface area contributed by atoms with E-state index in [9.17, 15) is 5.11 Å². The Morgan fingerprint density at radius 3 is 3.03 bits per heavy atom. The third-order valence-corrected chi connectivity index (χ3v) is 6.02. The summed E-state index contributed by atoms with van der Waals surface area (Å²) in [6.07, 6.45) is 10.3. The summed E-state index contributed by atoms with van der Waals surface area (Å²) >= 11 is 1.60. The molecule has 0 saturated carbocycles. The molecule has 3 aromatic heterocycles. The fourth-order valence-electron chi connectivity index (χ4n) is 3.75. The van der Waals surface area contributed by atoms with Crippen molar-refractivity contribution >= 4 is 23.5 Å². The molecule has 0 radical (unpaired) electrons. The molecule has 0 amide bonds. The van der Waals surface area contributed by atoms with E-state index in [0.717, 1.165) is 42.2 Å². The molecule has 8 nitrogen and oxygen atoms in total. The van der Waals surface area contributed by atoms with E-state index in [0.29, 0.717) is 18.3 Å². The van der Waals surface area contributed by atoms with Gasteiger partial charge in [-0.3, -0.25) is 9.47 Å². The van der Waals surface area contributed by atoms with Gasteiger partial charge in [0.2, 0.25) is 11.8 Å². The zero-order chi connectivity index (χ0) is 22.3. The number of hydrogen-bond donors (Lipinski definition) is 1. The van der Waals surface area contributed by atoms with Gasteiger partial charge in [0.05, 0.1) is 16.3 Å². The van der Waals surface area contributed by atoms with Crippen LogP contribution in [-0.4, -0.2) is 54.8 Å². The van der Waals surface area contributed by atoms with E-state index in [2.05, 4.69) is 38.0 Å². The minimum atomic E-state index is 0.0170. The van der Waals surface area contributed by atoms with E-state index in [1.54, 1.807) is 40.6 Å². The molecule has 1 saturated heterocycles. The summed E-state index contributed by atoms with van der Waals surface area (Å²) in [5, 5.41) is 12.2. The first-order chi connectivity index (χ1) is 15.7. The second-order valence-electron chi connectivity index (χ2n) is 7.42. The van der Waals surface area contributed by atoms with Gasteiger partial charge in [0, 0.05) is 43.7 Å². The number of allylic oxidation sites excluding steroid dienone is 1. The van der Waals surface area contributed by atoms with E-state index in [1.165, 1.54) is 6.20 Å². The fourth-order valence-corrected chi connectivity index (χ4v) is 4.43. The average molecular weight is 448 g/mol. The van der Waals surface area contributed by atoms with E-state index in [1.807, 2.05) is 23.7 Å². The molecule has 164 valence electrons. The summed E-state index contributed by atoms with van der Waals surface area (Å²) in [5.41, 5.74) is 1.69. The lowest BCUT2D eigenvalue weighted by Gasteiger charge is -2.31. The van der Waals surface area contributed by atoms with Crippen LogP contribution in [0.1, 0.15) is 30.3 Å². The van der Waals surface area contributed by atoms with Crippen LogP contribution < -0.4 is 0 Å². The number of aliphatic imine (C=N–C) groups is 2. The van der Waals surface area contributed by atoms with Gasteiger partial charge in [-0.25, -0.2) is 20.0 Å². The fraction of sp³-hybridized carbons (Fsp3) is 0.261. The van der Waals surface area contributed by atoms with Gasteiger partial charge in [-0.2, -0.15) is 4.98 Å². The van der Waals surface area contributed by atoms with E-state index in [4.69, 9.17) is 4.98 Å². The maximum absolute atomic E-state index is 10.2. The molecule has 1 aliphatic heterocycles. The minimum Gasteiger partial charge on any atom is -0.493 e. The van der Waals surface area contributed by atoms with Gasteiger partial charge < -0.3 is 5.11 Å². The Kier molecular flexibility index (Phi) is 6.98. The highest BCUT2D eigenvalue weighted by atomic mass is 32.1. The van der Waals surface area contributed by atoms with Gasteiger partial charge >= 0.3 is 0 Å². The highest BCUT2D eigenvalue weighted by Crippen LogP contribution is 2.30. The number of imidazole rings is 1. The third kappa shape index (κ3) is 5.24. The van der Waals surface area contributed by atoms with Crippen LogP contribution in [0.2, 0.25) is 0 Å². The summed E-state index contributed by atoms with van der Waals surface area (Å²) in [6.45, 7) is 9.76. The first kappa shape index (κ1) is 21.8. The molecule has 0 aromatic carbocycles. The molecule has 1 aliphatic rings. The van der Waals surface area contributed by atoms with Gasteiger partial charge in [0.1, 0.15) is 12.2 Å². The molecule has 4 rings (SSSR count). The lowest BCUT2D eigenvalue weighted by molar-refractivity contribution is 0.194. The Morgan fingerprint density at radius 1 is 1.34 bits per heavy atom. The van der Waals surface area contributed by atoms with Gasteiger partial charge in [0.15, 0.2) is 0 Å². The van der Waals surface area contributed by atoms with Crippen molar-refractivity contribution in [3.8, 4) is 16.5 Å². The molecule has 4 heterocycles. The quantitative estimate of drug-likeness (QED) is 0.454. The van der Waals surface area contributed by atoms with E-state index >= 15 is 0 Å². The molecule has 1 N–H and O–H groups in total. The lowest BCUT2D eigenvalue weighted by Crippen LogP contribution is -2.34. The van der Waals surface area contributed by atoms with Crippen LogP contribution in [0.3, 0.4) is 0 Å². The molecule has 9 heteroatoms. The van der Waals surface area contributed by atoms with Crippen molar-refractivity contribution in [1.82, 2.24) is 24.4 Å². The Labute approximate surface area is 191 Å². The van der Waals surface area contributed by atoms with Crippen LogP contribution in [0.4, 0.5) is 0 Å². The first-order valence-corrected chi connectivity index (χ1v) is 11.3. The Morgan fingerprint density at radius 2 is 2.25 bits per heavy atom. The van der Waals surface area contributed by atoms with Gasteiger partial charge in [-0.05, 0) is 30.8 Å². The number of hydrogen-bond acceptors (Lipinski definition) is 7. The number of aromatic nitrogens is 4. The molecule has 1 unspecified atom stereocenters. The smallest absolute Gasteiger partial charge is 0.234 e. The van der Waals surface area contributed by atoms with Crippen molar-refractivity contribution in [3.63, 3.8) is 0 Å². The zero-order valence-corrected chi connectivity index (χ0v) is 18.5. The van der Waals surface area contributed by atoms with Crippen molar-refractivity contribution in [2.45, 2.75) is 25.3 Å². The Hall–Kier alpha value is -3.43. The molecule has 0 spiro atoms. The molecule has 3 aromatic rings. The third-order valence-electron chi connectivity index (χ3n) is 5.13. The second-order valence-corrected chi connectivity index (χ2v) is 8.37. The molecular formula is C23H25N7OS. The van der Waals surface area contributed by atoms with Crippen molar-refractivity contribution in [2.75, 3.05) is 13.1 Å². The summed E-state index contributed by atoms with van der Waals surface area (Å²) in [5.74, 6) is 1.35. The second kappa shape index (κ2) is 10.3. The number of thiophene rings is 1. The van der Waals surface area contributed by atoms with Crippen LogP contribution in [0.15, 0.2) is 71.5 Å². The average Bonchev–Trinajstić information content (AvgIpc) is 3.49. The lowest BCUT2D eigenvalue weighted by atomic mass is 9.97. The number of likely N-dealkylation sites (tertiary alicyclic amines) is 1. The van der Waals surface area contributed by atoms with Crippen LogP contribution >= 0.6 is 11.3 Å². The van der Waals surface area contributed by atoms with Crippen molar-refractivity contribution < 1.29 is 5.11 Å². The Bertz CT molecular complexity index is 1130. The summed E-state index contributed by atoms with van der Waals surface area (Å²) < 4.78 is 1.77. The van der Waals surface area contributed by atoms with Crippen LogP contribution in [0.25, 0.3) is 10.6 Å². The van der Waals surface area contributed by atoms with Crippen molar-refractivity contribution in [2.24, 2.45) is 9.98 Å². The predicted molar refractivity (Wildman–Crippen MR) is 128 cm³/mol. The van der Waals surface area contributed by atoms with E-state index < -0.39 is 0 Å². The predicted octanol–water partition coefficient (Wildman–Crippen LogP) is 4.09. The summed E-state index contributed by atoms with van der Waals surface area (Å²) in [4.78, 5) is 25.4. The van der Waals surface area contributed by atoms with Crippen LogP contribution in [0, 0.1) is 0 Å². The number of piperidine rings is 1.